The Hall–Kier alpha value is -1.65. The van der Waals surface area contributed by atoms with Gasteiger partial charge in [-0.1, -0.05) is 0 Å². The zero-order valence-electron chi connectivity index (χ0n) is 12.7. The van der Waals surface area contributed by atoms with Crippen LogP contribution in [0.1, 0.15) is 23.2 Å². The molecule has 0 aliphatic carbocycles. The van der Waals surface area contributed by atoms with Crippen molar-refractivity contribution in [2.45, 2.75) is 30.0 Å². The third-order valence-corrected chi connectivity index (χ3v) is 5.00. The number of benzene rings is 1. The minimum Gasteiger partial charge on any atom is -0.343 e. The first-order valence-electron chi connectivity index (χ1n) is 7.35. The molecule has 0 bridgehead atoms. The molecular formula is C14H18F3N3O3S. The van der Waals surface area contributed by atoms with Crippen molar-refractivity contribution in [1.82, 2.24) is 15.4 Å². The summed E-state index contributed by atoms with van der Waals surface area (Å²) in [6.45, 7) is -0.327. The molecule has 24 heavy (non-hydrogen) atoms. The lowest BCUT2D eigenvalue weighted by Crippen LogP contribution is -2.37. The highest BCUT2D eigenvalue weighted by molar-refractivity contribution is 7.89. The number of rotatable bonds is 6. The van der Waals surface area contributed by atoms with Crippen molar-refractivity contribution in [3.63, 3.8) is 0 Å². The van der Waals surface area contributed by atoms with E-state index in [1.54, 1.807) is 5.32 Å². The van der Waals surface area contributed by atoms with E-state index in [4.69, 9.17) is 0 Å². The second-order valence-electron chi connectivity index (χ2n) is 5.47. The SMILES string of the molecule is O=C(NCC(F)(F)F)c1ccc(S(=O)(=O)NCC2CCCN2)cc1. The van der Waals surface area contributed by atoms with E-state index in [2.05, 4.69) is 10.0 Å². The van der Waals surface area contributed by atoms with Crippen molar-refractivity contribution in [2.75, 3.05) is 19.6 Å². The molecule has 3 N–H and O–H groups in total. The number of sulfonamides is 1. The van der Waals surface area contributed by atoms with Crippen LogP contribution in [0.4, 0.5) is 13.2 Å². The van der Waals surface area contributed by atoms with Crippen LogP contribution in [0.25, 0.3) is 0 Å². The number of amides is 1. The van der Waals surface area contributed by atoms with Gasteiger partial charge in [0.05, 0.1) is 4.90 Å². The van der Waals surface area contributed by atoms with Gasteiger partial charge in [-0.3, -0.25) is 4.79 Å². The molecule has 134 valence electrons. The van der Waals surface area contributed by atoms with Crippen LogP contribution in [-0.2, 0) is 10.0 Å². The topological polar surface area (TPSA) is 87.3 Å². The summed E-state index contributed by atoms with van der Waals surface area (Å²) in [4.78, 5) is 11.5. The van der Waals surface area contributed by atoms with E-state index < -0.39 is 28.7 Å². The number of hydrogen-bond acceptors (Lipinski definition) is 4. The molecule has 0 saturated carbocycles. The van der Waals surface area contributed by atoms with Crippen LogP contribution in [0.2, 0.25) is 0 Å². The summed E-state index contributed by atoms with van der Waals surface area (Å²) in [6.07, 6.45) is -2.62. The molecule has 1 atom stereocenters. The summed E-state index contributed by atoms with van der Waals surface area (Å²) < 4.78 is 62.9. The standard InChI is InChI=1S/C14H18F3N3O3S/c15-14(16,17)9-19-13(21)10-3-5-12(6-4-10)24(22,23)20-8-11-2-1-7-18-11/h3-6,11,18,20H,1-2,7-9H2,(H,19,21). The smallest absolute Gasteiger partial charge is 0.343 e. The first kappa shape index (κ1) is 18.7. The fourth-order valence-corrected chi connectivity index (χ4v) is 3.37. The van der Waals surface area contributed by atoms with Crippen LogP contribution in [0.3, 0.4) is 0 Å². The number of alkyl halides is 3. The van der Waals surface area contributed by atoms with Crippen LogP contribution in [0.15, 0.2) is 29.2 Å². The maximum atomic E-state index is 12.1. The molecule has 1 aromatic rings. The Morgan fingerprint density at radius 1 is 1.25 bits per heavy atom. The number of halogens is 3. The van der Waals surface area contributed by atoms with Crippen molar-refractivity contribution in [2.24, 2.45) is 0 Å². The Bertz CT molecular complexity index is 669. The molecule has 10 heteroatoms. The third-order valence-electron chi connectivity index (χ3n) is 3.56. The number of carbonyl (C=O) groups excluding carboxylic acids is 1. The maximum absolute atomic E-state index is 12.1. The van der Waals surface area contributed by atoms with E-state index in [0.717, 1.165) is 19.4 Å². The van der Waals surface area contributed by atoms with Crippen LogP contribution in [-0.4, -0.2) is 46.2 Å². The molecule has 0 spiro atoms. The maximum Gasteiger partial charge on any atom is 0.405 e. The molecular weight excluding hydrogens is 347 g/mol. The third kappa shape index (κ3) is 5.46. The van der Waals surface area contributed by atoms with E-state index in [0.29, 0.717) is 0 Å². The quantitative estimate of drug-likeness (QED) is 0.702. The van der Waals surface area contributed by atoms with Gasteiger partial charge in [-0.2, -0.15) is 13.2 Å². The molecule has 1 unspecified atom stereocenters. The number of carbonyl (C=O) groups is 1. The summed E-state index contributed by atoms with van der Waals surface area (Å²) in [6, 6.07) is 4.81. The van der Waals surface area contributed by atoms with Crippen LogP contribution in [0.5, 0.6) is 0 Å². The summed E-state index contributed by atoms with van der Waals surface area (Å²) in [7, 11) is -3.73. The van der Waals surface area contributed by atoms with Crippen molar-refractivity contribution in [1.29, 1.82) is 0 Å². The molecule has 0 radical (unpaired) electrons. The Morgan fingerprint density at radius 3 is 2.46 bits per heavy atom. The van der Waals surface area contributed by atoms with Crippen LogP contribution >= 0.6 is 0 Å². The van der Waals surface area contributed by atoms with E-state index in [-0.39, 0.29) is 23.0 Å². The predicted molar refractivity (Wildman–Crippen MR) is 81.0 cm³/mol. The first-order chi connectivity index (χ1) is 11.2. The highest BCUT2D eigenvalue weighted by Gasteiger charge is 2.28. The van der Waals surface area contributed by atoms with Gasteiger partial charge in [0.1, 0.15) is 6.54 Å². The fourth-order valence-electron chi connectivity index (χ4n) is 2.29. The molecule has 1 aliphatic rings. The molecule has 1 saturated heterocycles. The summed E-state index contributed by atoms with van der Waals surface area (Å²) >= 11 is 0. The minimum atomic E-state index is -4.50. The van der Waals surface area contributed by atoms with Gasteiger partial charge >= 0.3 is 6.18 Å². The van der Waals surface area contributed by atoms with Gasteiger partial charge in [0.2, 0.25) is 10.0 Å². The molecule has 1 aromatic carbocycles. The van der Waals surface area contributed by atoms with Crippen molar-refractivity contribution in [3.05, 3.63) is 29.8 Å². The molecule has 1 fully saturated rings. The summed E-state index contributed by atoms with van der Waals surface area (Å²) in [5.74, 6) is -0.917. The van der Waals surface area contributed by atoms with Crippen molar-refractivity contribution >= 4 is 15.9 Å². The predicted octanol–water partition coefficient (Wildman–Crippen LogP) is 1.01. The van der Waals surface area contributed by atoms with Gasteiger partial charge < -0.3 is 10.6 Å². The average Bonchev–Trinajstić information content (AvgIpc) is 3.04. The molecule has 1 heterocycles. The molecule has 2 rings (SSSR count). The first-order valence-corrected chi connectivity index (χ1v) is 8.84. The lowest BCUT2D eigenvalue weighted by atomic mass is 10.2. The molecule has 0 aromatic heterocycles. The molecule has 1 amide bonds. The van der Waals surface area contributed by atoms with Crippen LogP contribution in [0, 0.1) is 0 Å². The van der Waals surface area contributed by atoms with E-state index in [1.165, 1.54) is 24.3 Å². The Labute approximate surface area is 137 Å². The Morgan fingerprint density at radius 2 is 1.92 bits per heavy atom. The second-order valence-corrected chi connectivity index (χ2v) is 7.23. The monoisotopic (exact) mass is 365 g/mol. The van der Waals surface area contributed by atoms with Crippen molar-refractivity contribution < 1.29 is 26.4 Å². The number of hydrogen-bond donors (Lipinski definition) is 3. The lowest BCUT2D eigenvalue weighted by Gasteiger charge is -2.12. The van der Waals surface area contributed by atoms with Gasteiger partial charge in [-0.25, -0.2) is 13.1 Å². The Balaban J connectivity index is 1.95. The molecule has 6 nitrogen and oxygen atoms in total. The fraction of sp³-hybridized carbons (Fsp3) is 0.500. The largest absolute Gasteiger partial charge is 0.405 e. The van der Waals surface area contributed by atoms with E-state index in [9.17, 15) is 26.4 Å². The highest BCUT2D eigenvalue weighted by atomic mass is 32.2. The van der Waals surface area contributed by atoms with E-state index in [1.807, 2.05) is 0 Å². The molecule has 1 aliphatic heterocycles. The van der Waals surface area contributed by atoms with Gasteiger partial charge in [0.15, 0.2) is 0 Å². The zero-order valence-corrected chi connectivity index (χ0v) is 13.5. The van der Waals surface area contributed by atoms with Crippen LogP contribution < -0.4 is 15.4 Å². The van der Waals surface area contributed by atoms with E-state index >= 15 is 0 Å². The second kappa shape index (κ2) is 7.49. The van der Waals surface area contributed by atoms with Gasteiger partial charge in [0.25, 0.3) is 5.91 Å². The average molecular weight is 365 g/mol. The highest BCUT2D eigenvalue weighted by Crippen LogP contribution is 2.14. The number of nitrogens with one attached hydrogen (secondary N) is 3. The van der Waals surface area contributed by atoms with Gasteiger partial charge in [0, 0.05) is 18.2 Å². The zero-order chi connectivity index (χ0) is 17.8. The van der Waals surface area contributed by atoms with Gasteiger partial charge in [-0.05, 0) is 43.7 Å². The Kier molecular flexibility index (Phi) is 5.83. The van der Waals surface area contributed by atoms with Gasteiger partial charge in [-0.15, -0.1) is 0 Å². The minimum absolute atomic E-state index is 0.0457. The van der Waals surface area contributed by atoms with Crippen molar-refractivity contribution in [3.8, 4) is 0 Å². The normalized spacial score (nSPS) is 18.5. The lowest BCUT2D eigenvalue weighted by molar-refractivity contribution is -0.123. The summed E-state index contributed by atoms with van der Waals surface area (Å²) in [5.41, 5.74) is -0.0457. The summed E-state index contributed by atoms with van der Waals surface area (Å²) in [5, 5.41) is 4.88.